The van der Waals surface area contributed by atoms with Crippen LogP contribution in [-0.4, -0.2) is 31.2 Å². The van der Waals surface area contributed by atoms with Gasteiger partial charge in [0, 0.05) is 11.3 Å². The summed E-state index contributed by atoms with van der Waals surface area (Å²) in [6, 6.07) is 26.4. The number of hydrazone groups is 1. The van der Waals surface area contributed by atoms with Gasteiger partial charge < -0.3 is 19.5 Å². The van der Waals surface area contributed by atoms with Gasteiger partial charge >= 0.3 is 0 Å². The SMILES string of the molecule is CCOc1cc(C(=O)N/N=C/c2ccc(OCC(=O)Nc3ccc(Cl)c(Cl)c3)cc2)ccc1OCc1ccccc1. The Kier molecular flexibility index (Phi) is 10.6. The minimum Gasteiger partial charge on any atom is -0.490 e. The van der Waals surface area contributed by atoms with Gasteiger partial charge in [0.2, 0.25) is 0 Å². The highest BCUT2D eigenvalue weighted by atomic mass is 35.5. The third-order valence-corrected chi connectivity index (χ3v) is 6.32. The number of nitrogens with one attached hydrogen (secondary N) is 2. The molecular weight excluding hydrogens is 565 g/mol. The molecule has 0 radical (unpaired) electrons. The first kappa shape index (κ1) is 29.5. The lowest BCUT2D eigenvalue weighted by Gasteiger charge is -2.13. The van der Waals surface area contributed by atoms with Crippen molar-refractivity contribution in [1.29, 1.82) is 0 Å². The Morgan fingerprint density at radius 1 is 0.829 bits per heavy atom. The second-order valence-electron chi connectivity index (χ2n) is 8.60. The number of anilines is 1. The molecule has 4 aromatic rings. The van der Waals surface area contributed by atoms with Crippen LogP contribution in [0.5, 0.6) is 17.2 Å². The Morgan fingerprint density at radius 3 is 2.34 bits per heavy atom. The molecule has 0 aliphatic heterocycles. The van der Waals surface area contributed by atoms with Crippen molar-refractivity contribution in [2.75, 3.05) is 18.5 Å². The van der Waals surface area contributed by atoms with E-state index in [0.29, 0.717) is 51.8 Å². The minimum absolute atomic E-state index is 0.191. The van der Waals surface area contributed by atoms with Gasteiger partial charge in [0.1, 0.15) is 12.4 Å². The first-order chi connectivity index (χ1) is 19.9. The van der Waals surface area contributed by atoms with Crippen molar-refractivity contribution >= 4 is 46.9 Å². The van der Waals surface area contributed by atoms with Crippen LogP contribution in [0.2, 0.25) is 10.0 Å². The summed E-state index contributed by atoms with van der Waals surface area (Å²) in [4.78, 5) is 24.8. The molecule has 0 aliphatic rings. The zero-order valence-corrected chi connectivity index (χ0v) is 23.6. The van der Waals surface area contributed by atoms with Crippen molar-refractivity contribution in [3.8, 4) is 17.2 Å². The van der Waals surface area contributed by atoms with Crippen LogP contribution in [0.1, 0.15) is 28.4 Å². The minimum atomic E-state index is -0.398. The summed E-state index contributed by atoms with van der Waals surface area (Å²) in [6.45, 7) is 2.48. The van der Waals surface area contributed by atoms with E-state index in [0.717, 1.165) is 11.1 Å². The van der Waals surface area contributed by atoms with Gasteiger partial charge in [-0.1, -0.05) is 53.5 Å². The van der Waals surface area contributed by atoms with Crippen molar-refractivity contribution in [2.24, 2.45) is 5.10 Å². The summed E-state index contributed by atoms with van der Waals surface area (Å²) in [5.74, 6) is 0.768. The highest BCUT2D eigenvalue weighted by molar-refractivity contribution is 6.42. The molecule has 0 saturated heterocycles. The van der Waals surface area contributed by atoms with E-state index in [2.05, 4.69) is 15.8 Å². The normalized spacial score (nSPS) is 10.7. The average Bonchev–Trinajstić information content (AvgIpc) is 2.98. The Hall–Kier alpha value is -4.53. The van der Waals surface area contributed by atoms with Crippen LogP contribution in [-0.2, 0) is 11.4 Å². The van der Waals surface area contributed by atoms with E-state index in [9.17, 15) is 9.59 Å². The predicted octanol–water partition coefficient (Wildman–Crippen LogP) is 6.75. The summed E-state index contributed by atoms with van der Waals surface area (Å²) in [6.07, 6.45) is 1.50. The number of ether oxygens (including phenoxy) is 3. The van der Waals surface area contributed by atoms with Crippen LogP contribution in [0.15, 0.2) is 96.1 Å². The van der Waals surface area contributed by atoms with E-state index < -0.39 is 5.91 Å². The lowest BCUT2D eigenvalue weighted by atomic mass is 10.2. The van der Waals surface area contributed by atoms with Crippen molar-refractivity contribution in [2.45, 2.75) is 13.5 Å². The van der Waals surface area contributed by atoms with Gasteiger partial charge in [0.25, 0.3) is 11.8 Å². The molecule has 0 atom stereocenters. The van der Waals surface area contributed by atoms with E-state index in [4.69, 9.17) is 37.4 Å². The summed E-state index contributed by atoms with van der Waals surface area (Å²) in [5, 5.41) is 7.47. The molecular formula is C31H27Cl2N3O5. The van der Waals surface area contributed by atoms with E-state index in [-0.39, 0.29) is 12.5 Å². The smallest absolute Gasteiger partial charge is 0.271 e. The fourth-order valence-electron chi connectivity index (χ4n) is 3.57. The number of halogens is 2. The topological polar surface area (TPSA) is 98.3 Å². The average molecular weight is 592 g/mol. The van der Waals surface area contributed by atoms with E-state index in [1.165, 1.54) is 6.21 Å². The van der Waals surface area contributed by atoms with Crippen molar-refractivity contribution < 1.29 is 23.8 Å². The van der Waals surface area contributed by atoms with E-state index in [1.807, 2.05) is 37.3 Å². The molecule has 210 valence electrons. The van der Waals surface area contributed by atoms with E-state index >= 15 is 0 Å². The molecule has 4 rings (SSSR count). The molecule has 8 nitrogen and oxygen atoms in total. The van der Waals surface area contributed by atoms with E-state index in [1.54, 1.807) is 60.7 Å². The maximum Gasteiger partial charge on any atom is 0.271 e. The number of hydrogen-bond acceptors (Lipinski definition) is 6. The summed E-state index contributed by atoms with van der Waals surface area (Å²) in [7, 11) is 0. The Balaban J connectivity index is 1.27. The Morgan fingerprint density at radius 2 is 1.61 bits per heavy atom. The van der Waals surface area contributed by atoms with Crippen LogP contribution < -0.4 is 25.0 Å². The molecule has 2 N–H and O–H groups in total. The standard InChI is InChI=1S/C31H27Cl2N3O5/c1-2-39-29-16-23(10-15-28(29)41-19-22-6-4-3-5-7-22)31(38)36-34-18-21-8-12-25(13-9-21)40-20-30(37)35-24-11-14-26(32)27(33)17-24/h3-18H,2,19-20H2,1H3,(H,35,37)(H,36,38)/b34-18+. The largest absolute Gasteiger partial charge is 0.490 e. The molecule has 0 aromatic heterocycles. The van der Waals surface area contributed by atoms with Gasteiger partial charge in [0.05, 0.1) is 22.9 Å². The maximum atomic E-state index is 12.7. The van der Waals surface area contributed by atoms with Gasteiger partial charge in [-0.2, -0.15) is 5.10 Å². The molecule has 0 aliphatic carbocycles. The van der Waals surface area contributed by atoms with Crippen molar-refractivity contribution in [1.82, 2.24) is 5.43 Å². The molecule has 0 spiro atoms. The molecule has 0 saturated carbocycles. The van der Waals surface area contributed by atoms with Crippen molar-refractivity contribution in [3.63, 3.8) is 0 Å². The maximum absolute atomic E-state index is 12.7. The summed E-state index contributed by atoms with van der Waals surface area (Å²) in [5.41, 5.74) is 5.15. The lowest BCUT2D eigenvalue weighted by molar-refractivity contribution is -0.118. The molecule has 2 amide bonds. The first-order valence-corrected chi connectivity index (χ1v) is 13.4. The highest BCUT2D eigenvalue weighted by Gasteiger charge is 2.12. The van der Waals surface area contributed by atoms with Crippen LogP contribution in [0.4, 0.5) is 5.69 Å². The Labute approximate surface area is 247 Å². The molecule has 0 bridgehead atoms. The fourth-order valence-corrected chi connectivity index (χ4v) is 3.87. The second kappa shape index (κ2) is 14.7. The van der Waals surface area contributed by atoms with Gasteiger partial charge in [-0.3, -0.25) is 9.59 Å². The molecule has 10 heteroatoms. The predicted molar refractivity (Wildman–Crippen MR) is 160 cm³/mol. The number of carbonyl (C=O) groups excluding carboxylic acids is 2. The zero-order valence-electron chi connectivity index (χ0n) is 22.1. The van der Waals surface area contributed by atoms with Crippen LogP contribution >= 0.6 is 23.2 Å². The number of rotatable bonds is 12. The Bertz CT molecular complexity index is 1510. The summed E-state index contributed by atoms with van der Waals surface area (Å²) < 4.78 is 17.1. The number of carbonyl (C=O) groups is 2. The summed E-state index contributed by atoms with van der Waals surface area (Å²) >= 11 is 11.8. The van der Waals surface area contributed by atoms with Gasteiger partial charge in [-0.25, -0.2) is 5.43 Å². The fraction of sp³-hybridized carbons (Fsp3) is 0.129. The quantitative estimate of drug-likeness (QED) is 0.140. The molecule has 41 heavy (non-hydrogen) atoms. The number of hydrogen-bond donors (Lipinski definition) is 2. The van der Waals surface area contributed by atoms with Crippen molar-refractivity contribution in [3.05, 3.63) is 118 Å². The van der Waals surface area contributed by atoms with Crippen LogP contribution in [0, 0.1) is 0 Å². The van der Waals surface area contributed by atoms with Crippen LogP contribution in [0.3, 0.4) is 0 Å². The second-order valence-corrected chi connectivity index (χ2v) is 9.42. The zero-order chi connectivity index (χ0) is 29.0. The number of nitrogens with zero attached hydrogens (tertiary/aromatic N) is 1. The lowest BCUT2D eigenvalue weighted by Crippen LogP contribution is -2.20. The monoisotopic (exact) mass is 591 g/mol. The number of benzene rings is 4. The molecule has 4 aromatic carbocycles. The number of amides is 2. The molecule has 0 heterocycles. The molecule has 0 unspecified atom stereocenters. The third-order valence-electron chi connectivity index (χ3n) is 5.58. The van der Waals surface area contributed by atoms with Gasteiger partial charge in [0.15, 0.2) is 18.1 Å². The molecule has 0 fully saturated rings. The van der Waals surface area contributed by atoms with Gasteiger partial charge in [-0.05, 0) is 78.7 Å². The van der Waals surface area contributed by atoms with Gasteiger partial charge in [-0.15, -0.1) is 0 Å². The highest BCUT2D eigenvalue weighted by Crippen LogP contribution is 2.29. The third kappa shape index (κ3) is 8.99. The first-order valence-electron chi connectivity index (χ1n) is 12.7. The van der Waals surface area contributed by atoms with Crippen LogP contribution in [0.25, 0.3) is 0 Å².